The lowest BCUT2D eigenvalue weighted by Gasteiger charge is -2.07. The van der Waals surface area contributed by atoms with E-state index in [0.717, 1.165) is 5.56 Å². The van der Waals surface area contributed by atoms with Gasteiger partial charge in [0.2, 0.25) is 10.0 Å². The summed E-state index contributed by atoms with van der Waals surface area (Å²) in [4.78, 5) is 10.6. The summed E-state index contributed by atoms with van der Waals surface area (Å²) in [6.07, 6.45) is 1.52. The molecule has 0 amide bonds. The Balaban J connectivity index is 2.60. The molecular weight excluding hydrogens is 282 g/mol. The number of unbranched alkanes of at least 4 members (excludes halogenated alkanes) is 1. The molecule has 0 aliphatic heterocycles. The minimum absolute atomic E-state index is 0.0194. The zero-order valence-electron chi connectivity index (χ0n) is 11.1. The highest BCUT2D eigenvalue weighted by Gasteiger charge is 2.12. The Morgan fingerprint density at radius 1 is 1.15 bits per heavy atom. The first-order valence-electron chi connectivity index (χ1n) is 6.37. The third-order valence-electron chi connectivity index (χ3n) is 2.74. The predicted molar refractivity (Wildman–Crippen MR) is 73.9 cm³/mol. The molecule has 0 saturated heterocycles. The van der Waals surface area contributed by atoms with E-state index in [1.165, 1.54) is 12.1 Å². The summed E-state index contributed by atoms with van der Waals surface area (Å²) in [7, 11) is -3.54. The zero-order chi connectivity index (χ0) is 15.0. The number of carbonyl (C=O) groups is 1. The van der Waals surface area contributed by atoms with Gasteiger partial charge >= 0.3 is 5.97 Å². The van der Waals surface area contributed by atoms with Crippen LogP contribution in [0.3, 0.4) is 0 Å². The highest BCUT2D eigenvalue weighted by atomic mass is 32.2. The molecule has 0 radical (unpaired) electrons. The first-order chi connectivity index (χ1) is 9.45. The first-order valence-corrected chi connectivity index (χ1v) is 7.85. The Labute approximate surface area is 118 Å². The van der Waals surface area contributed by atoms with Gasteiger partial charge in [0.25, 0.3) is 0 Å². The fraction of sp³-hybridized carbons (Fsp3) is 0.462. The van der Waals surface area contributed by atoms with Gasteiger partial charge in [0.1, 0.15) is 0 Å². The summed E-state index contributed by atoms with van der Waals surface area (Å²) in [5.41, 5.74) is 0.784. The maximum atomic E-state index is 11.9. The first kappa shape index (κ1) is 16.6. The van der Waals surface area contributed by atoms with Crippen LogP contribution in [0.1, 0.15) is 24.8 Å². The third kappa shape index (κ3) is 5.68. The molecule has 1 aromatic carbocycles. The Hall–Kier alpha value is -1.44. The Bertz CT molecular complexity index is 524. The topological polar surface area (TPSA) is 104 Å². The van der Waals surface area contributed by atoms with E-state index in [-0.39, 0.29) is 24.5 Å². The highest BCUT2D eigenvalue weighted by Crippen LogP contribution is 2.12. The number of aliphatic hydroxyl groups excluding tert-OH is 1. The van der Waals surface area contributed by atoms with Gasteiger partial charge in [0.15, 0.2) is 0 Å². The van der Waals surface area contributed by atoms with E-state index in [4.69, 9.17) is 10.2 Å². The van der Waals surface area contributed by atoms with Crippen molar-refractivity contribution in [1.29, 1.82) is 0 Å². The van der Waals surface area contributed by atoms with Crippen LogP contribution in [0.5, 0.6) is 0 Å². The van der Waals surface area contributed by atoms with Gasteiger partial charge < -0.3 is 10.2 Å². The van der Waals surface area contributed by atoms with E-state index in [0.29, 0.717) is 19.3 Å². The van der Waals surface area contributed by atoms with Gasteiger partial charge in [0, 0.05) is 19.6 Å². The molecule has 1 rings (SSSR count). The van der Waals surface area contributed by atoms with Crippen molar-refractivity contribution in [2.24, 2.45) is 0 Å². The number of aliphatic hydroxyl groups is 1. The van der Waals surface area contributed by atoms with Gasteiger partial charge in [-0.15, -0.1) is 0 Å². The molecule has 3 N–H and O–H groups in total. The minimum Gasteiger partial charge on any atom is -0.481 e. The number of nitrogens with one attached hydrogen (secondary N) is 1. The summed E-state index contributed by atoms with van der Waals surface area (Å²) in [6.45, 7) is 0.323. The highest BCUT2D eigenvalue weighted by molar-refractivity contribution is 7.89. The molecule has 0 unspecified atom stereocenters. The number of aryl methyl sites for hydroxylation is 1. The van der Waals surface area contributed by atoms with Crippen molar-refractivity contribution in [2.45, 2.75) is 30.6 Å². The Morgan fingerprint density at radius 2 is 1.80 bits per heavy atom. The summed E-state index contributed by atoms with van der Waals surface area (Å²) >= 11 is 0. The number of hydrogen-bond donors (Lipinski definition) is 3. The lowest BCUT2D eigenvalue weighted by Crippen LogP contribution is -2.24. The second-order valence-corrected chi connectivity index (χ2v) is 6.13. The fourth-order valence-corrected chi connectivity index (χ4v) is 2.69. The second kappa shape index (κ2) is 7.98. The molecule has 0 aliphatic rings. The fourth-order valence-electron chi connectivity index (χ4n) is 1.61. The SMILES string of the molecule is O=C(O)CCc1ccc(S(=O)(=O)NCCCCO)cc1. The van der Waals surface area contributed by atoms with Crippen molar-refractivity contribution >= 4 is 16.0 Å². The molecule has 0 heterocycles. The van der Waals surface area contributed by atoms with Crippen LogP contribution in [0.4, 0.5) is 0 Å². The van der Waals surface area contributed by atoms with Crippen LogP contribution in [-0.4, -0.2) is 37.8 Å². The molecular formula is C13H19NO5S. The molecule has 0 aromatic heterocycles. The number of aliphatic carboxylic acids is 1. The van der Waals surface area contributed by atoms with Crippen LogP contribution in [0.25, 0.3) is 0 Å². The normalized spacial score (nSPS) is 11.4. The molecule has 0 atom stereocenters. The molecule has 112 valence electrons. The Kier molecular flexibility index (Phi) is 6.63. The van der Waals surface area contributed by atoms with Gasteiger partial charge in [-0.1, -0.05) is 12.1 Å². The van der Waals surface area contributed by atoms with E-state index in [9.17, 15) is 13.2 Å². The maximum absolute atomic E-state index is 11.9. The van der Waals surface area contributed by atoms with Crippen molar-refractivity contribution in [2.75, 3.05) is 13.2 Å². The van der Waals surface area contributed by atoms with Gasteiger partial charge in [-0.05, 0) is 37.0 Å². The van der Waals surface area contributed by atoms with E-state index >= 15 is 0 Å². The maximum Gasteiger partial charge on any atom is 0.303 e. The monoisotopic (exact) mass is 301 g/mol. The molecule has 1 aromatic rings. The van der Waals surface area contributed by atoms with Crippen molar-refractivity contribution in [3.63, 3.8) is 0 Å². The summed E-state index contributed by atoms with van der Waals surface area (Å²) in [6, 6.07) is 6.16. The van der Waals surface area contributed by atoms with E-state index in [1.54, 1.807) is 12.1 Å². The lowest BCUT2D eigenvalue weighted by atomic mass is 10.1. The molecule has 6 nitrogen and oxygen atoms in total. The smallest absolute Gasteiger partial charge is 0.303 e. The van der Waals surface area contributed by atoms with Gasteiger partial charge in [0.05, 0.1) is 4.90 Å². The Morgan fingerprint density at radius 3 is 2.35 bits per heavy atom. The number of rotatable bonds is 9. The standard InChI is InChI=1S/C13H19NO5S/c15-10-2-1-9-14-20(18,19)12-6-3-11(4-7-12)5-8-13(16)17/h3-4,6-7,14-15H,1-2,5,8-10H2,(H,16,17). The number of hydrogen-bond acceptors (Lipinski definition) is 4. The van der Waals surface area contributed by atoms with E-state index < -0.39 is 16.0 Å². The molecule has 0 fully saturated rings. The minimum atomic E-state index is -3.54. The van der Waals surface area contributed by atoms with Crippen LogP contribution in [0, 0.1) is 0 Å². The van der Waals surface area contributed by atoms with Crippen LogP contribution >= 0.6 is 0 Å². The quantitative estimate of drug-likeness (QED) is 0.584. The number of benzene rings is 1. The number of carboxylic acid groups (broad SMARTS) is 1. The van der Waals surface area contributed by atoms with E-state index in [1.807, 2.05) is 0 Å². The third-order valence-corrected chi connectivity index (χ3v) is 4.22. The van der Waals surface area contributed by atoms with Gasteiger partial charge in [-0.3, -0.25) is 4.79 Å². The van der Waals surface area contributed by atoms with Crippen LogP contribution in [0.15, 0.2) is 29.2 Å². The average Bonchev–Trinajstić information content (AvgIpc) is 2.42. The molecule has 0 spiro atoms. The summed E-state index contributed by atoms with van der Waals surface area (Å²) < 4.78 is 26.3. The van der Waals surface area contributed by atoms with Crippen LogP contribution in [-0.2, 0) is 21.2 Å². The van der Waals surface area contributed by atoms with Crippen molar-refractivity contribution < 1.29 is 23.4 Å². The van der Waals surface area contributed by atoms with Gasteiger partial charge in [-0.25, -0.2) is 13.1 Å². The lowest BCUT2D eigenvalue weighted by molar-refractivity contribution is -0.136. The van der Waals surface area contributed by atoms with E-state index in [2.05, 4.69) is 4.72 Å². The van der Waals surface area contributed by atoms with Crippen LogP contribution in [0.2, 0.25) is 0 Å². The number of sulfonamides is 1. The molecule has 0 bridgehead atoms. The zero-order valence-corrected chi connectivity index (χ0v) is 11.9. The van der Waals surface area contributed by atoms with Crippen LogP contribution < -0.4 is 4.72 Å². The van der Waals surface area contributed by atoms with Crippen molar-refractivity contribution in [1.82, 2.24) is 4.72 Å². The predicted octanol–water partition coefficient (Wildman–Crippen LogP) is 0.755. The molecule has 0 aliphatic carbocycles. The van der Waals surface area contributed by atoms with Crippen molar-refractivity contribution in [3.05, 3.63) is 29.8 Å². The van der Waals surface area contributed by atoms with Crippen molar-refractivity contribution in [3.8, 4) is 0 Å². The summed E-state index contributed by atoms with van der Waals surface area (Å²) in [5, 5.41) is 17.2. The number of carboxylic acids is 1. The van der Waals surface area contributed by atoms with Gasteiger partial charge in [-0.2, -0.15) is 0 Å². The molecule has 0 saturated carbocycles. The second-order valence-electron chi connectivity index (χ2n) is 4.37. The summed E-state index contributed by atoms with van der Waals surface area (Å²) in [5.74, 6) is -0.882. The molecule has 7 heteroatoms. The average molecular weight is 301 g/mol. The molecule has 20 heavy (non-hydrogen) atoms. The largest absolute Gasteiger partial charge is 0.481 e.